The van der Waals surface area contributed by atoms with Gasteiger partial charge in [-0.05, 0) is 30.7 Å². The van der Waals surface area contributed by atoms with Crippen LogP contribution in [0.1, 0.15) is 24.1 Å². The van der Waals surface area contributed by atoms with Crippen molar-refractivity contribution >= 4 is 5.91 Å². The standard InChI is InChI=1S/C15H14F3N3O2/c1-10(11-3-5-12(6-4-11)15(16,17)18)20-13(22)9-21-8-2-7-19-14(21)23/h2-8,10H,9H2,1H3,(H,20,22)/t10-/m0/s1. The van der Waals surface area contributed by atoms with Gasteiger partial charge in [0.1, 0.15) is 6.54 Å². The van der Waals surface area contributed by atoms with Crippen LogP contribution in [-0.4, -0.2) is 15.5 Å². The summed E-state index contributed by atoms with van der Waals surface area (Å²) in [5.74, 6) is -0.438. The van der Waals surface area contributed by atoms with E-state index in [1.807, 2.05) is 0 Å². The summed E-state index contributed by atoms with van der Waals surface area (Å²) in [6.45, 7) is 1.43. The molecule has 0 fully saturated rings. The molecule has 0 aliphatic rings. The van der Waals surface area contributed by atoms with Gasteiger partial charge < -0.3 is 5.32 Å². The second kappa shape index (κ2) is 6.64. The fourth-order valence-electron chi connectivity index (χ4n) is 1.99. The third kappa shape index (κ3) is 4.41. The summed E-state index contributed by atoms with van der Waals surface area (Å²) in [6.07, 6.45) is -1.65. The predicted octanol–water partition coefficient (Wildman–Crippen LogP) is 2.14. The Labute approximate surface area is 129 Å². The topological polar surface area (TPSA) is 64.0 Å². The number of carbonyl (C=O) groups excluding carboxylic acids is 1. The molecule has 1 amide bonds. The second-order valence-electron chi connectivity index (χ2n) is 4.94. The van der Waals surface area contributed by atoms with Gasteiger partial charge >= 0.3 is 11.9 Å². The highest BCUT2D eigenvalue weighted by atomic mass is 19.4. The Kier molecular flexibility index (Phi) is 4.83. The lowest BCUT2D eigenvalue weighted by atomic mass is 10.1. The van der Waals surface area contributed by atoms with E-state index in [-0.39, 0.29) is 6.54 Å². The average Bonchev–Trinajstić information content (AvgIpc) is 2.49. The minimum Gasteiger partial charge on any atom is -0.348 e. The van der Waals surface area contributed by atoms with Gasteiger partial charge in [0.05, 0.1) is 11.6 Å². The molecule has 0 radical (unpaired) electrons. The van der Waals surface area contributed by atoms with Gasteiger partial charge in [-0.15, -0.1) is 0 Å². The van der Waals surface area contributed by atoms with E-state index in [4.69, 9.17) is 0 Å². The lowest BCUT2D eigenvalue weighted by Gasteiger charge is -2.16. The number of alkyl halides is 3. The third-order valence-electron chi connectivity index (χ3n) is 3.21. The smallest absolute Gasteiger partial charge is 0.348 e. The molecule has 0 aliphatic heterocycles. The van der Waals surface area contributed by atoms with Crippen molar-refractivity contribution in [3.8, 4) is 0 Å². The largest absolute Gasteiger partial charge is 0.416 e. The SMILES string of the molecule is C[C@H](NC(=O)Cn1cccnc1=O)c1ccc(C(F)(F)F)cc1. The molecule has 122 valence electrons. The van der Waals surface area contributed by atoms with Crippen LogP contribution in [0, 0.1) is 0 Å². The molecule has 0 unspecified atom stereocenters. The summed E-state index contributed by atoms with van der Waals surface area (Å²) in [5.41, 5.74) is -0.767. The molecular formula is C15H14F3N3O2. The molecule has 1 N–H and O–H groups in total. The number of nitrogens with zero attached hydrogens (tertiary/aromatic N) is 2. The van der Waals surface area contributed by atoms with E-state index in [0.717, 1.165) is 16.7 Å². The molecule has 1 aromatic carbocycles. The van der Waals surface area contributed by atoms with E-state index in [2.05, 4.69) is 10.3 Å². The number of nitrogens with one attached hydrogen (secondary N) is 1. The quantitative estimate of drug-likeness (QED) is 0.937. The molecule has 0 aliphatic carbocycles. The van der Waals surface area contributed by atoms with Gasteiger partial charge in [-0.3, -0.25) is 9.36 Å². The highest BCUT2D eigenvalue weighted by molar-refractivity contribution is 5.76. The number of hydrogen-bond acceptors (Lipinski definition) is 3. The zero-order valence-corrected chi connectivity index (χ0v) is 12.2. The van der Waals surface area contributed by atoms with E-state index in [1.54, 1.807) is 6.92 Å². The van der Waals surface area contributed by atoms with Crippen molar-refractivity contribution in [2.24, 2.45) is 0 Å². The number of halogens is 3. The molecule has 2 rings (SSSR count). The minimum absolute atomic E-state index is 0.211. The fourth-order valence-corrected chi connectivity index (χ4v) is 1.99. The number of rotatable bonds is 4. The fraction of sp³-hybridized carbons (Fsp3) is 0.267. The molecule has 8 heteroatoms. The normalized spacial score (nSPS) is 12.7. The van der Waals surface area contributed by atoms with Gasteiger partial charge in [0.25, 0.3) is 0 Å². The molecule has 0 bridgehead atoms. The Morgan fingerprint density at radius 1 is 1.30 bits per heavy atom. The zero-order valence-electron chi connectivity index (χ0n) is 12.2. The van der Waals surface area contributed by atoms with Crippen LogP contribution < -0.4 is 11.0 Å². The maximum Gasteiger partial charge on any atom is 0.416 e. The molecule has 1 atom stereocenters. The Morgan fingerprint density at radius 3 is 2.52 bits per heavy atom. The van der Waals surface area contributed by atoms with Crippen LogP contribution in [0.15, 0.2) is 47.5 Å². The van der Waals surface area contributed by atoms with Crippen molar-refractivity contribution in [1.29, 1.82) is 0 Å². The number of carbonyl (C=O) groups is 1. The van der Waals surface area contributed by atoms with E-state index in [0.29, 0.717) is 5.56 Å². The van der Waals surface area contributed by atoms with Gasteiger partial charge in [0, 0.05) is 12.4 Å². The maximum atomic E-state index is 12.5. The predicted molar refractivity (Wildman–Crippen MR) is 76.5 cm³/mol. The van der Waals surface area contributed by atoms with Crippen LogP contribution in [0.4, 0.5) is 13.2 Å². The van der Waals surface area contributed by atoms with E-state index in [9.17, 15) is 22.8 Å². The van der Waals surface area contributed by atoms with Gasteiger partial charge in [-0.25, -0.2) is 9.78 Å². The summed E-state index contributed by atoms with van der Waals surface area (Å²) in [6, 6.07) is 5.58. The van der Waals surface area contributed by atoms with Gasteiger partial charge in [-0.2, -0.15) is 13.2 Å². The molecular weight excluding hydrogens is 311 g/mol. The first-order valence-corrected chi connectivity index (χ1v) is 6.75. The first-order chi connectivity index (χ1) is 10.8. The van der Waals surface area contributed by atoms with Gasteiger partial charge in [0.2, 0.25) is 5.91 Å². The zero-order chi connectivity index (χ0) is 17.0. The van der Waals surface area contributed by atoms with E-state index < -0.39 is 29.4 Å². The number of benzene rings is 1. The summed E-state index contributed by atoms with van der Waals surface area (Å²) in [4.78, 5) is 26.8. The average molecular weight is 325 g/mol. The summed E-state index contributed by atoms with van der Waals surface area (Å²) < 4.78 is 38.6. The third-order valence-corrected chi connectivity index (χ3v) is 3.21. The van der Waals surface area contributed by atoms with Crippen LogP contribution in [0.3, 0.4) is 0 Å². The summed E-state index contributed by atoms with van der Waals surface area (Å²) in [5, 5.41) is 2.62. The highest BCUT2D eigenvalue weighted by Crippen LogP contribution is 2.29. The lowest BCUT2D eigenvalue weighted by Crippen LogP contribution is -2.34. The number of hydrogen-bond donors (Lipinski definition) is 1. The van der Waals surface area contributed by atoms with E-state index in [1.165, 1.54) is 30.6 Å². The molecule has 0 saturated carbocycles. The summed E-state index contributed by atoms with van der Waals surface area (Å²) >= 11 is 0. The van der Waals surface area contributed by atoms with Crippen molar-refractivity contribution < 1.29 is 18.0 Å². The molecule has 0 spiro atoms. The molecule has 0 saturated heterocycles. The van der Waals surface area contributed by atoms with Crippen LogP contribution in [0.5, 0.6) is 0 Å². The monoisotopic (exact) mass is 325 g/mol. The molecule has 1 aromatic heterocycles. The van der Waals surface area contributed by atoms with E-state index >= 15 is 0 Å². The first-order valence-electron chi connectivity index (χ1n) is 6.75. The summed E-state index contributed by atoms with van der Waals surface area (Å²) in [7, 11) is 0. The maximum absolute atomic E-state index is 12.5. The van der Waals surface area contributed by atoms with Crippen LogP contribution in [0.2, 0.25) is 0 Å². The Morgan fingerprint density at radius 2 is 1.96 bits per heavy atom. The molecule has 1 heterocycles. The lowest BCUT2D eigenvalue weighted by molar-refractivity contribution is -0.137. The number of aromatic nitrogens is 2. The first kappa shape index (κ1) is 16.7. The van der Waals surface area contributed by atoms with Crippen molar-refractivity contribution in [3.63, 3.8) is 0 Å². The highest BCUT2D eigenvalue weighted by Gasteiger charge is 2.30. The van der Waals surface area contributed by atoms with Gasteiger partial charge in [0.15, 0.2) is 0 Å². The molecule has 23 heavy (non-hydrogen) atoms. The van der Waals surface area contributed by atoms with Crippen LogP contribution >= 0.6 is 0 Å². The van der Waals surface area contributed by atoms with Crippen molar-refractivity contribution in [3.05, 3.63) is 64.3 Å². The Bertz CT molecular complexity index is 739. The second-order valence-corrected chi connectivity index (χ2v) is 4.94. The number of amides is 1. The Hall–Kier alpha value is -2.64. The minimum atomic E-state index is -4.40. The molecule has 2 aromatic rings. The van der Waals surface area contributed by atoms with Crippen molar-refractivity contribution in [1.82, 2.24) is 14.9 Å². The van der Waals surface area contributed by atoms with Crippen LogP contribution in [0.25, 0.3) is 0 Å². The molecule has 5 nitrogen and oxygen atoms in total. The Balaban J connectivity index is 2.01. The van der Waals surface area contributed by atoms with Crippen molar-refractivity contribution in [2.75, 3.05) is 0 Å². The van der Waals surface area contributed by atoms with Crippen LogP contribution in [-0.2, 0) is 17.5 Å². The van der Waals surface area contributed by atoms with Crippen molar-refractivity contribution in [2.45, 2.75) is 25.7 Å². The van der Waals surface area contributed by atoms with Gasteiger partial charge in [-0.1, -0.05) is 12.1 Å².